The maximum absolute atomic E-state index is 12.7. The van der Waals surface area contributed by atoms with Crippen molar-refractivity contribution < 1.29 is 9.59 Å². The van der Waals surface area contributed by atoms with E-state index in [1.807, 2.05) is 67.6 Å². The van der Waals surface area contributed by atoms with Gasteiger partial charge in [-0.1, -0.05) is 42.0 Å². The highest BCUT2D eigenvalue weighted by Crippen LogP contribution is 2.17. The van der Waals surface area contributed by atoms with E-state index in [1.54, 1.807) is 30.1 Å². The lowest BCUT2D eigenvalue weighted by molar-refractivity contribution is -0.114. The van der Waals surface area contributed by atoms with Gasteiger partial charge in [0.05, 0.1) is 6.54 Å². The first-order valence-electron chi connectivity index (χ1n) is 9.06. The molecule has 0 aromatic heterocycles. The fourth-order valence-electron chi connectivity index (χ4n) is 2.75. The molecule has 0 heterocycles. The normalized spacial score (nSPS) is 10.2. The number of rotatable bonds is 6. The summed E-state index contributed by atoms with van der Waals surface area (Å²) in [6.07, 6.45) is 0. The summed E-state index contributed by atoms with van der Waals surface area (Å²) in [6, 6.07) is 24.2. The molecule has 0 aliphatic rings. The molecule has 0 unspecified atom stereocenters. The van der Waals surface area contributed by atoms with E-state index in [4.69, 9.17) is 0 Å². The molecule has 142 valence electrons. The third-order valence-corrected chi connectivity index (χ3v) is 4.35. The Labute approximate surface area is 165 Å². The number of carbonyl (C=O) groups is 2. The predicted octanol–water partition coefficient (Wildman–Crippen LogP) is 4.32. The van der Waals surface area contributed by atoms with Crippen molar-refractivity contribution in [1.29, 1.82) is 0 Å². The van der Waals surface area contributed by atoms with E-state index in [0.29, 0.717) is 11.3 Å². The summed E-state index contributed by atoms with van der Waals surface area (Å²) in [5.74, 6) is -0.263. The molecule has 3 aromatic rings. The second-order valence-electron chi connectivity index (χ2n) is 6.55. The first kappa shape index (κ1) is 19.2. The van der Waals surface area contributed by atoms with Crippen LogP contribution >= 0.6 is 0 Å². The van der Waals surface area contributed by atoms with E-state index in [-0.39, 0.29) is 18.4 Å². The number of amides is 2. The largest absolute Gasteiger partial charge is 0.376 e. The molecule has 3 rings (SSSR count). The summed E-state index contributed by atoms with van der Waals surface area (Å²) < 4.78 is 0. The van der Waals surface area contributed by atoms with Crippen molar-refractivity contribution in [2.75, 3.05) is 29.1 Å². The smallest absolute Gasteiger partial charge is 0.258 e. The molecule has 3 aromatic carbocycles. The molecule has 0 aliphatic carbocycles. The van der Waals surface area contributed by atoms with Gasteiger partial charge in [0.15, 0.2) is 0 Å². The van der Waals surface area contributed by atoms with E-state index in [1.165, 1.54) is 0 Å². The fraction of sp³-hybridized carbons (Fsp3) is 0.130. The Balaban J connectivity index is 1.60. The van der Waals surface area contributed by atoms with Crippen LogP contribution in [0.4, 0.5) is 17.1 Å². The molecule has 0 radical (unpaired) electrons. The number of nitrogens with zero attached hydrogens (tertiary/aromatic N) is 1. The number of nitrogens with one attached hydrogen (secondary N) is 2. The molecule has 0 spiro atoms. The van der Waals surface area contributed by atoms with Gasteiger partial charge in [-0.2, -0.15) is 0 Å². The number of hydrogen-bond acceptors (Lipinski definition) is 3. The van der Waals surface area contributed by atoms with E-state index in [0.717, 1.165) is 16.9 Å². The van der Waals surface area contributed by atoms with Crippen molar-refractivity contribution in [2.45, 2.75) is 6.92 Å². The minimum atomic E-state index is -0.151. The standard InChI is InChI=1S/C23H23N3O2/c1-17-11-13-19(14-12-17)25-22(27)16-24-20-8-6-7-18(15-20)23(28)26(2)21-9-4-3-5-10-21/h3-15,24H,16H2,1-2H3,(H,25,27). The van der Waals surface area contributed by atoms with Gasteiger partial charge >= 0.3 is 0 Å². The van der Waals surface area contributed by atoms with Crippen LogP contribution in [0.1, 0.15) is 15.9 Å². The molecular formula is C23H23N3O2. The third kappa shape index (κ3) is 4.98. The highest BCUT2D eigenvalue weighted by Gasteiger charge is 2.13. The molecule has 5 nitrogen and oxygen atoms in total. The Kier molecular flexibility index (Phi) is 6.07. The van der Waals surface area contributed by atoms with Gasteiger partial charge in [-0.3, -0.25) is 9.59 Å². The average Bonchev–Trinajstić information content (AvgIpc) is 2.74. The van der Waals surface area contributed by atoms with Gasteiger partial charge < -0.3 is 15.5 Å². The Morgan fingerprint density at radius 1 is 0.857 bits per heavy atom. The zero-order valence-corrected chi connectivity index (χ0v) is 16.0. The first-order chi connectivity index (χ1) is 13.5. The third-order valence-electron chi connectivity index (χ3n) is 4.35. The van der Waals surface area contributed by atoms with Gasteiger partial charge in [-0.05, 0) is 49.4 Å². The molecule has 0 fully saturated rings. The van der Waals surface area contributed by atoms with Crippen LogP contribution in [0.3, 0.4) is 0 Å². The molecule has 2 N–H and O–H groups in total. The molecule has 5 heteroatoms. The first-order valence-corrected chi connectivity index (χ1v) is 9.06. The summed E-state index contributed by atoms with van der Waals surface area (Å²) in [4.78, 5) is 26.5. The molecule has 2 amide bonds. The van der Waals surface area contributed by atoms with E-state index >= 15 is 0 Å². The van der Waals surface area contributed by atoms with E-state index in [9.17, 15) is 9.59 Å². The molecule has 0 saturated carbocycles. The number of hydrogen-bond donors (Lipinski definition) is 2. The van der Waals surface area contributed by atoms with Gasteiger partial charge in [-0.15, -0.1) is 0 Å². The highest BCUT2D eigenvalue weighted by atomic mass is 16.2. The number of anilines is 3. The summed E-state index contributed by atoms with van der Waals surface area (Å²) in [6.45, 7) is 2.11. The SMILES string of the molecule is Cc1ccc(NC(=O)CNc2cccc(C(=O)N(C)c3ccccc3)c2)cc1. The van der Waals surface area contributed by atoms with Crippen LogP contribution in [0, 0.1) is 6.92 Å². The average molecular weight is 373 g/mol. The van der Waals surface area contributed by atoms with Crippen molar-refractivity contribution in [3.63, 3.8) is 0 Å². The van der Waals surface area contributed by atoms with Crippen molar-refractivity contribution in [1.82, 2.24) is 0 Å². The summed E-state index contributed by atoms with van der Waals surface area (Å²) in [7, 11) is 1.74. The zero-order valence-electron chi connectivity index (χ0n) is 16.0. The Morgan fingerprint density at radius 2 is 1.57 bits per heavy atom. The fourth-order valence-corrected chi connectivity index (χ4v) is 2.75. The van der Waals surface area contributed by atoms with Gasteiger partial charge in [0, 0.05) is 29.7 Å². The van der Waals surface area contributed by atoms with Gasteiger partial charge in [-0.25, -0.2) is 0 Å². The summed E-state index contributed by atoms with van der Waals surface area (Å²) in [5.41, 5.74) is 3.98. The lowest BCUT2D eigenvalue weighted by atomic mass is 10.1. The number of aryl methyl sites for hydroxylation is 1. The summed E-state index contributed by atoms with van der Waals surface area (Å²) in [5, 5.41) is 5.91. The number of para-hydroxylation sites is 1. The zero-order chi connectivity index (χ0) is 19.9. The van der Waals surface area contributed by atoms with Crippen molar-refractivity contribution in [3.05, 3.63) is 90.0 Å². The quantitative estimate of drug-likeness (QED) is 0.676. The van der Waals surface area contributed by atoms with Crippen LogP contribution in [0.25, 0.3) is 0 Å². The van der Waals surface area contributed by atoms with Gasteiger partial charge in [0.1, 0.15) is 0 Å². The highest BCUT2D eigenvalue weighted by molar-refractivity contribution is 6.06. The second-order valence-corrected chi connectivity index (χ2v) is 6.55. The molecule has 0 saturated heterocycles. The molecule has 0 aliphatic heterocycles. The van der Waals surface area contributed by atoms with Crippen LogP contribution in [0.15, 0.2) is 78.9 Å². The van der Waals surface area contributed by atoms with Gasteiger partial charge in [0.2, 0.25) is 5.91 Å². The second kappa shape index (κ2) is 8.86. The Hall–Kier alpha value is -3.60. The number of benzene rings is 3. The minimum Gasteiger partial charge on any atom is -0.376 e. The molecule has 0 atom stereocenters. The summed E-state index contributed by atoms with van der Waals surface area (Å²) >= 11 is 0. The lowest BCUT2D eigenvalue weighted by Crippen LogP contribution is -2.26. The Bertz CT molecular complexity index is 953. The van der Waals surface area contributed by atoms with Crippen LogP contribution in [-0.4, -0.2) is 25.4 Å². The maximum atomic E-state index is 12.7. The van der Waals surface area contributed by atoms with E-state index < -0.39 is 0 Å². The van der Waals surface area contributed by atoms with Gasteiger partial charge in [0.25, 0.3) is 5.91 Å². The van der Waals surface area contributed by atoms with Crippen LogP contribution < -0.4 is 15.5 Å². The number of carbonyl (C=O) groups excluding carboxylic acids is 2. The van der Waals surface area contributed by atoms with Crippen LogP contribution in [0.2, 0.25) is 0 Å². The predicted molar refractivity (Wildman–Crippen MR) is 114 cm³/mol. The van der Waals surface area contributed by atoms with Crippen molar-refractivity contribution in [2.24, 2.45) is 0 Å². The van der Waals surface area contributed by atoms with E-state index in [2.05, 4.69) is 10.6 Å². The minimum absolute atomic E-state index is 0.111. The topological polar surface area (TPSA) is 61.4 Å². The molecule has 28 heavy (non-hydrogen) atoms. The maximum Gasteiger partial charge on any atom is 0.258 e. The van der Waals surface area contributed by atoms with Crippen LogP contribution in [0.5, 0.6) is 0 Å². The van der Waals surface area contributed by atoms with Crippen LogP contribution in [-0.2, 0) is 4.79 Å². The Morgan fingerprint density at radius 3 is 2.29 bits per heavy atom. The molecule has 0 bridgehead atoms. The molecular weight excluding hydrogens is 350 g/mol. The lowest BCUT2D eigenvalue weighted by Gasteiger charge is -2.18. The van der Waals surface area contributed by atoms with Crippen molar-refractivity contribution in [3.8, 4) is 0 Å². The van der Waals surface area contributed by atoms with Crippen molar-refractivity contribution >= 4 is 28.9 Å². The monoisotopic (exact) mass is 373 g/mol.